The summed E-state index contributed by atoms with van der Waals surface area (Å²) in [5, 5.41) is 23.2. The summed E-state index contributed by atoms with van der Waals surface area (Å²) in [4.78, 5) is 5.82. The van der Waals surface area contributed by atoms with E-state index in [0.29, 0.717) is 26.2 Å². The van der Waals surface area contributed by atoms with Crippen LogP contribution in [0.15, 0.2) is 30.3 Å². The van der Waals surface area contributed by atoms with E-state index in [2.05, 4.69) is 12.1 Å². The lowest BCUT2D eigenvalue weighted by atomic mass is 9.80. The molecule has 1 aromatic carbocycles. The van der Waals surface area contributed by atoms with Crippen LogP contribution in [0.5, 0.6) is 0 Å². The first-order valence-corrected chi connectivity index (χ1v) is 8.14. The van der Waals surface area contributed by atoms with Crippen LogP contribution >= 0.6 is 0 Å². The molecule has 2 heterocycles. The molecule has 0 unspecified atom stereocenters. The summed E-state index contributed by atoms with van der Waals surface area (Å²) in [5.74, 6) is 0.164. The number of aliphatic hydroxyl groups excluding tert-OH is 2. The lowest BCUT2D eigenvalue weighted by molar-refractivity contribution is -0.241. The Morgan fingerprint density at radius 2 is 2.00 bits per heavy atom. The number of ether oxygens (including phenoxy) is 1. The highest BCUT2D eigenvalue weighted by molar-refractivity contribution is 5.15. The van der Waals surface area contributed by atoms with Gasteiger partial charge in [-0.3, -0.25) is 4.84 Å². The Kier molecular flexibility index (Phi) is 3.71. The molecule has 0 aromatic heterocycles. The number of hydroxylamine groups is 2. The molecule has 0 bridgehead atoms. The summed E-state index contributed by atoms with van der Waals surface area (Å²) in [7, 11) is 0. The number of benzene rings is 1. The molecule has 5 nitrogen and oxygen atoms in total. The minimum Gasteiger partial charge on any atom is -0.390 e. The Bertz CT molecular complexity index is 525. The zero-order valence-corrected chi connectivity index (χ0v) is 12.6. The van der Waals surface area contributed by atoms with Crippen LogP contribution < -0.4 is 0 Å². The minimum absolute atomic E-state index is 0.110. The predicted molar refractivity (Wildman–Crippen MR) is 79.8 cm³/mol. The van der Waals surface area contributed by atoms with Crippen molar-refractivity contribution < 1.29 is 19.8 Å². The van der Waals surface area contributed by atoms with Crippen molar-refractivity contribution >= 4 is 0 Å². The van der Waals surface area contributed by atoms with Gasteiger partial charge in [-0.2, -0.15) is 5.06 Å². The van der Waals surface area contributed by atoms with Crippen molar-refractivity contribution in [1.29, 1.82) is 0 Å². The van der Waals surface area contributed by atoms with Crippen LogP contribution in [0, 0.1) is 5.92 Å². The summed E-state index contributed by atoms with van der Waals surface area (Å²) in [5.41, 5.74) is 0.354. The van der Waals surface area contributed by atoms with Gasteiger partial charge in [0.25, 0.3) is 0 Å². The van der Waals surface area contributed by atoms with Gasteiger partial charge < -0.3 is 14.9 Å². The largest absolute Gasteiger partial charge is 0.390 e. The molecule has 0 amide bonds. The zero-order valence-electron chi connectivity index (χ0n) is 12.6. The highest BCUT2D eigenvalue weighted by Crippen LogP contribution is 2.45. The van der Waals surface area contributed by atoms with E-state index in [0.717, 1.165) is 18.4 Å². The molecule has 2 saturated heterocycles. The monoisotopic (exact) mass is 305 g/mol. The summed E-state index contributed by atoms with van der Waals surface area (Å²) in [6.45, 7) is 1.76. The first-order valence-electron chi connectivity index (χ1n) is 8.14. The van der Waals surface area contributed by atoms with Crippen molar-refractivity contribution in [2.45, 2.75) is 49.7 Å². The fraction of sp³-hybridized carbons (Fsp3) is 0.647. The molecule has 1 aromatic rings. The van der Waals surface area contributed by atoms with Gasteiger partial charge in [-0.05, 0) is 24.8 Å². The van der Waals surface area contributed by atoms with Crippen molar-refractivity contribution in [1.82, 2.24) is 5.06 Å². The maximum Gasteiger partial charge on any atom is 0.121 e. The van der Waals surface area contributed by atoms with Crippen LogP contribution in [0.25, 0.3) is 0 Å². The predicted octanol–water partition coefficient (Wildman–Crippen LogP) is 1.09. The number of hydrogen-bond acceptors (Lipinski definition) is 5. The fourth-order valence-electron chi connectivity index (χ4n) is 4.22. The fourth-order valence-corrected chi connectivity index (χ4v) is 4.22. The average molecular weight is 305 g/mol. The molecule has 120 valence electrons. The number of fused-ring (bicyclic) bond motifs is 1. The third-order valence-electron chi connectivity index (χ3n) is 5.45. The molecule has 0 radical (unpaired) electrons. The Morgan fingerprint density at radius 1 is 1.18 bits per heavy atom. The summed E-state index contributed by atoms with van der Waals surface area (Å²) in [6.07, 6.45) is 1.03. The van der Waals surface area contributed by atoms with E-state index in [1.807, 2.05) is 23.3 Å². The maximum atomic E-state index is 10.9. The van der Waals surface area contributed by atoms with E-state index in [4.69, 9.17) is 9.57 Å². The van der Waals surface area contributed by atoms with Gasteiger partial charge in [0.05, 0.1) is 25.4 Å². The second kappa shape index (κ2) is 5.58. The Morgan fingerprint density at radius 3 is 2.73 bits per heavy atom. The van der Waals surface area contributed by atoms with Crippen molar-refractivity contribution in [3.63, 3.8) is 0 Å². The molecule has 1 saturated carbocycles. The minimum atomic E-state index is -0.802. The van der Waals surface area contributed by atoms with Gasteiger partial charge in [0.2, 0.25) is 0 Å². The lowest BCUT2D eigenvalue weighted by Crippen LogP contribution is -2.64. The highest BCUT2D eigenvalue weighted by Gasteiger charge is 2.59. The quantitative estimate of drug-likeness (QED) is 0.856. The molecule has 1 spiro atoms. The first kappa shape index (κ1) is 14.6. The molecular formula is C17H23NO4. The van der Waals surface area contributed by atoms with Crippen LogP contribution in [0.4, 0.5) is 0 Å². The van der Waals surface area contributed by atoms with Crippen LogP contribution in [0.2, 0.25) is 0 Å². The first-order chi connectivity index (χ1) is 10.7. The van der Waals surface area contributed by atoms with E-state index >= 15 is 0 Å². The molecular weight excluding hydrogens is 282 g/mol. The molecule has 22 heavy (non-hydrogen) atoms. The van der Waals surface area contributed by atoms with E-state index in [-0.39, 0.29) is 12.0 Å². The molecule has 5 heteroatoms. The summed E-state index contributed by atoms with van der Waals surface area (Å²) in [6, 6.07) is 10.0. The second-order valence-corrected chi connectivity index (χ2v) is 6.73. The maximum absolute atomic E-state index is 10.9. The average Bonchev–Trinajstić information content (AvgIpc) is 3.10. The standard InChI is InChI=1S/C17H23NO4/c19-14-7-4-8-17(14)16(20)15-13(10-21-17)11-22-18(15)9-12-5-2-1-3-6-12/h1-3,5-6,13-16,19-20H,4,7-11H2/t13-,14+,15+,16-,17+/m0/s1. The molecule has 3 aliphatic rings. The van der Waals surface area contributed by atoms with E-state index < -0.39 is 17.8 Å². The summed E-state index contributed by atoms with van der Waals surface area (Å²) >= 11 is 0. The van der Waals surface area contributed by atoms with Gasteiger partial charge in [0.1, 0.15) is 11.7 Å². The van der Waals surface area contributed by atoms with Crippen LogP contribution in [0.3, 0.4) is 0 Å². The third kappa shape index (κ3) is 2.20. The molecule has 2 aliphatic heterocycles. The molecule has 2 N–H and O–H groups in total. The SMILES string of the molecule is O[C@@H]1CCC[C@@]12OC[C@H]1CON(Cc3ccccc3)[C@H]1[C@@H]2O. The van der Waals surface area contributed by atoms with Crippen LogP contribution in [-0.2, 0) is 16.1 Å². The molecule has 1 aliphatic carbocycles. The van der Waals surface area contributed by atoms with E-state index in [9.17, 15) is 10.2 Å². The van der Waals surface area contributed by atoms with E-state index in [1.165, 1.54) is 0 Å². The third-order valence-corrected chi connectivity index (χ3v) is 5.45. The van der Waals surface area contributed by atoms with Gasteiger partial charge in [-0.1, -0.05) is 30.3 Å². The van der Waals surface area contributed by atoms with Crippen molar-refractivity contribution in [3.8, 4) is 0 Å². The number of nitrogens with zero attached hydrogens (tertiary/aromatic N) is 1. The van der Waals surface area contributed by atoms with Gasteiger partial charge in [-0.15, -0.1) is 0 Å². The molecule has 5 atom stereocenters. The number of aliphatic hydroxyl groups is 2. The van der Waals surface area contributed by atoms with Crippen molar-refractivity contribution in [3.05, 3.63) is 35.9 Å². The van der Waals surface area contributed by atoms with Gasteiger partial charge in [-0.25, -0.2) is 0 Å². The normalized spacial score (nSPS) is 41.9. The number of hydrogen-bond donors (Lipinski definition) is 2. The van der Waals surface area contributed by atoms with Gasteiger partial charge in [0.15, 0.2) is 0 Å². The highest BCUT2D eigenvalue weighted by atomic mass is 16.7. The Balaban J connectivity index is 1.56. The lowest BCUT2D eigenvalue weighted by Gasteiger charge is -2.47. The van der Waals surface area contributed by atoms with Crippen LogP contribution in [-0.4, -0.2) is 52.3 Å². The van der Waals surface area contributed by atoms with Crippen LogP contribution in [0.1, 0.15) is 24.8 Å². The Hall–Kier alpha value is -0.980. The molecule has 3 fully saturated rings. The number of rotatable bonds is 2. The zero-order chi connectivity index (χ0) is 15.2. The van der Waals surface area contributed by atoms with Crippen molar-refractivity contribution in [2.75, 3.05) is 13.2 Å². The van der Waals surface area contributed by atoms with E-state index in [1.54, 1.807) is 0 Å². The smallest absolute Gasteiger partial charge is 0.121 e. The van der Waals surface area contributed by atoms with Crippen molar-refractivity contribution in [2.24, 2.45) is 5.92 Å². The van der Waals surface area contributed by atoms with Gasteiger partial charge in [0, 0.05) is 12.5 Å². The summed E-state index contributed by atoms with van der Waals surface area (Å²) < 4.78 is 5.96. The second-order valence-electron chi connectivity index (χ2n) is 6.73. The topological polar surface area (TPSA) is 62.2 Å². The van der Waals surface area contributed by atoms with Gasteiger partial charge >= 0.3 is 0 Å². The molecule has 4 rings (SSSR count). The Labute approximate surface area is 130 Å².